The summed E-state index contributed by atoms with van der Waals surface area (Å²) in [5.74, 6) is -0.183. The number of hydrogen-bond donors (Lipinski definition) is 0. The van der Waals surface area contributed by atoms with Crippen LogP contribution in [0.15, 0.2) is 35.6 Å². The number of nitro benzene ring substituents is 1. The number of esters is 1. The molecule has 8 nitrogen and oxygen atoms in total. The van der Waals surface area contributed by atoms with Gasteiger partial charge < -0.3 is 14.2 Å². The maximum atomic E-state index is 13.0. The summed E-state index contributed by atoms with van der Waals surface area (Å²) < 4.78 is 17.6. The molecule has 3 atom stereocenters. The number of carbonyl (C=O) groups is 1. The summed E-state index contributed by atoms with van der Waals surface area (Å²) in [5.41, 5.74) is 0.734. The summed E-state index contributed by atoms with van der Waals surface area (Å²) >= 11 is 0. The van der Waals surface area contributed by atoms with Gasteiger partial charge in [-0.2, -0.15) is 0 Å². The molecule has 4 rings (SSSR count). The molecular formula is C23H30N2O6. The molecule has 1 aromatic carbocycles. The van der Waals surface area contributed by atoms with Crippen LogP contribution in [-0.2, 0) is 19.0 Å². The molecule has 0 bridgehead atoms. The molecule has 1 aromatic rings. The third-order valence-electron chi connectivity index (χ3n) is 6.78. The molecule has 0 N–H and O–H groups in total. The van der Waals surface area contributed by atoms with Crippen molar-refractivity contribution in [2.24, 2.45) is 5.92 Å². The lowest BCUT2D eigenvalue weighted by Crippen LogP contribution is -2.63. The van der Waals surface area contributed by atoms with Crippen molar-refractivity contribution >= 4 is 11.7 Å². The number of benzene rings is 1. The van der Waals surface area contributed by atoms with Crippen molar-refractivity contribution in [3.63, 3.8) is 0 Å². The Morgan fingerprint density at radius 2 is 2.10 bits per heavy atom. The van der Waals surface area contributed by atoms with Crippen molar-refractivity contribution in [3.05, 3.63) is 51.3 Å². The van der Waals surface area contributed by atoms with Crippen molar-refractivity contribution in [3.8, 4) is 0 Å². The van der Waals surface area contributed by atoms with Gasteiger partial charge in [-0.3, -0.25) is 15.0 Å². The molecule has 1 aliphatic carbocycles. The van der Waals surface area contributed by atoms with Crippen LogP contribution in [-0.4, -0.2) is 54.4 Å². The van der Waals surface area contributed by atoms with E-state index in [9.17, 15) is 14.9 Å². The highest BCUT2D eigenvalue weighted by atomic mass is 16.6. The van der Waals surface area contributed by atoms with Crippen LogP contribution < -0.4 is 0 Å². The highest BCUT2D eigenvalue weighted by Crippen LogP contribution is 2.54. The van der Waals surface area contributed by atoms with Gasteiger partial charge in [0.25, 0.3) is 5.69 Å². The van der Waals surface area contributed by atoms with Crippen molar-refractivity contribution in [2.75, 3.05) is 32.9 Å². The standard InChI is InChI=1S/C23H30N2O6/c1-3-30-22(26)20-16(2)31-23(24-11-13-29-14-12-24)10-5-4-9-19(23)21(20)17-7-6-8-18(15-17)25(27)28/h6-8,15,19,21H,3-5,9-14H2,1-2H3. The van der Waals surface area contributed by atoms with Gasteiger partial charge in [-0.1, -0.05) is 18.6 Å². The second kappa shape index (κ2) is 8.96. The maximum Gasteiger partial charge on any atom is 0.338 e. The van der Waals surface area contributed by atoms with Gasteiger partial charge in [0.05, 0.1) is 30.3 Å². The lowest BCUT2D eigenvalue weighted by Gasteiger charge is -2.56. The molecule has 3 unspecified atom stereocenters. The number of morpholine rings is 1. The molecule has 0 radical (unpaired) electrons. The van der Waals surface area contributed by atoms with Gasteiger partial charge in [0.15, 0.2) is 5.72 Å². The van der Waals surface area contributed by atoms with Gasteiger partial charge in [-0.15, -0.1) is 0 Å². The van der Waals surface area contributed by atoms with Crippen LogP contribution in [0.5, 0.6) is 0 Å². The van der Waals surface area contributed by atoms with E-state index in [1.807, 2.05) is 13.0 Å². The average Bonchev–Trinajstić information content (AvgIpc) is 2.78. The second-order valence-electron chi connectivity index (χ2n) is 8.42. The number of hydrogen-bond acceptors (Lipinski definition) is 7. The molecule has 0 spiro atoms. The van der Waals surface area contributed by atoms with Crippen LogP contribution in [0.25, 0.3) is 0 Å². The first-order valence-corrected chi connectivity index (χ1v) is 11.1. The number of rotatable bonds is 5. The van der Waals surface area contributed by atoms with Crippen LogP contribution in [0.3, 0.4) is 0 Å². The van der Waals surface area contributed by atoms with E-state index in [4.69, 9.17) is 14.2 Å². The molecular weight excluding hydrogens is 400 g/mol. The summed E-state index contributed by atoms with van der Waals surface area (Å²) in [6.07, 6.45) is 3.80. The summed E-state index contributed by atoms with van der Waals surface area (Å²) in [6, 6.07) is 6.66. The predicted molar refractivity (Wildman–Crippen MR) is 113 cm³/mol. The van der Waals surface area contributed by atoms with Crippen LogP contribution in [0.2, 0.25) is 0 Å². The van der Waals surface area contributed by atoms with E-state index in [0.717, 1.165) is 44.3 Å². The Kier molecular flexibility index (Phi) is 6.29. The number of ether oxygens (including phenoxy) is 3. The molecule has 1 saturated heterocycles. The monoisotopic (exact) mass is 430 g/mol. The molecule has 0 aromatic heterocycles. The normalized spacial score (nSPS) is 29.1. The SMILES string of the molecule is CCOC(=O)C1=C(C)OC2(N3CCOCC3)CCCCC2C1c1cccc([N+](=O)[O-])c1. The molecule has 3 aliphatic rings. The fraction of sp³-hybridized carbons (Fsp3) is 0.609. The van der Waals surface area contributed by atoms with E-state index in [1.165, 1.54) is 6.07 Å². The second-order valence-corrected chi connectivity index (χ2v) is 8.42. The van der Waals surface area contributed by atoms with Crippen molar-refractivity contribution in [1.29, 1.82) is 0 Å². The molecule has 1 saturated carbocycles. The molecule has 8 heteroatoms. The summed E-state index contributed by atoms with van der Waals surface area (Å²) in [7, 11) is 0. The molecule has 31 heavy (non-hydrogen) atoms. The van der Waals surface area contributed by atoms with Crippen LogP contribution in [0.4, 0.5) is 5.69 Å². The Balaban J connectivity index is 1.86. The largest absolute Gasteiger partial charge is 0.476 e. The predicted octanol–water partition coefficient (Wildman–Crippen LogP) is 3.76. The Morgan fingerprint density at radius 3 is 2.81 bits per heavy atom. The van der Waals surface area contributed by atoms with E-state index in [1.54, 1.807) is 19.1 Å². The first-order chi connectivity index (χ1) is 15.0. The van der Waals surface area contributed by atoms with Crippen molar-refractivity contribution in [2.45, 2.75) is 51.2 Å². The minimum atomic E-state index is -0.544. The Morgan fingerprint density at radius 1 is 1.32 bits per heavy atom. The fourth-order valence-corrected chi connectivity index (χ4v) is 5.56. The molecule has 168 valence electrons. The first-order valence-electron chi connectivity index (χ1n) is 11.1. The zero-order valence-electron chi connectivity index (χ0n) is 18.2. The third kappa shape index (κ3) is 3.94. The quantitative estimate of drug-likeness (QED) is 0.399. The first kappa shape index (κ1) is 21.8. The zero-order chi connectivity index (χ0) is 22.0. The Hall–Kier alpha value is -2.45. The topological polar surface area (TPSA) is 91.1 Å². The number of fused-ring (bicyclic) bond motifs is 1. The van der Waals surface area contributed by atoms with Gasteiger partial charge in [0.2, 0.25) is 0 Å². The fourth-order valence-electron chi connectivity index (χ4n) is 5.56. The minimum absolute atomic E-state index is 0.00976. The molecule has 2 fully saturated rings. The smallest absolute Gasteiger partial charge is 0.338 e. The number of allylic oxidation sites excluding steroid dienone is 1. The Bertz CT molecular complexity index is 879. The number of non-ortho nitro benzene ring substituents is 1. The van der Waals surface area contributed by atoms with Crippen molar-refractivity contribution in [1.82, 2.24) is 4.90 Å². The third-order valence-corrected chi connectivity index (χ3v) is 6.78. The highest BCUT2D eigenvalue weighted by Gasteiger charge is 2.56. The minimum Gasteiger partial charge on any atom is -0.476 e. The van der Waals surface area contributed by atoms with E-state index < -0.39 is 11.7 Å². The van der Waals surface area contributed by atoms with Gasteiger partial charge in [-0.05, 0) is 32.3 Å². The van der Waals surface area contributed by atoms with Crippen LogP contribution >= 0.6 is 0 Å². The Labute approximate surface area is 182 Å². The molecule has 2 heterocycles. The lowest BCUT2D eigenvalue weighted by atomic mass is 9.66. The van der Waals surface area contributed by atoms with Gasteiger partial charge in [0.1, 0.15) is 5.76 Å². The average molecular weight is 431 g/mol. The van der Waals surface area contributed by atoms with Crippen molar-refractivity contribution < 1.29 is 23.9 Å². The number of carbonyl (C=O) groups excluding carboxylic acids is 1. The maximum absolute atomic E-state index is 13.0. The summed E-state index contributed by atoms with van der Waals surface area (Å²) in [5, 5.41) is 11.5. The molecule has 2 aliphatic heterocycles. The lowest BCUT2D eigenvalue weighted by molar-refractivity contribution is -0.385. The number of nitro groups is 1. The number of nitrogens with zero attached hydrogens (tertiary/aromatic N) is 2. The van der Waals surface area contributed by atoms with E-state index in [0.29, 0.717) is 24.5 Å². The highest BCUT2D eigenvalue weighted by molar-refractivity contribution is 5.91. The summed E-state index contributed by atoms with van der Waals surface area (Å²) in [6.45, 7) is 6.68. The molecule has 0 amide bonds. The van der Waals surface area contributed by atoms with Crippen LogP contribution in [0, 0.1) is 16.0 Å². The van der Waals surface area contributed by atoms with E-state index >= 15 is 0 Å². The van der Waals surface area contributed by atoms with Crippen LogP contribution in [0.1, 0.15) is 51.0 Å². The zero-order valence-corrected chi connectivity index (χ0v) is 18.2. The van der Waals surface area contributed by atoms with Gasteiger partial charge >= 0.3 is 5.97 Å². The van der Waals surface area contributed by atoms with Gasteiger partial charge in [-0.25, -0.2) is 4.79 Å². The summed E-state index contributed by atoms with van der Waals surface area (Å²) in [4.78, 5) is 26.5. The van der Waals surface area contributed by atoms with E-state index in [-0.39, 0.29) is 29.1 Å². The van der Waals surface area contributed by atoms with Gasteiger partial charge in [0, 0.05) is 43.5 Å². The van der Waals surface area contributed by atoms with E-state index in [2.05, 4.69) is 4.90 Å².